The number of fused-ring (bicyclic) bond motifs is 1. The van der Waals surface area contributed by atoms with Crippen LogP contribution in [0.25, 0.3) is 11.2 Å². The van der Waals surface area contributed by atoms with Crippen LogP contribution in [0.5, 0.6) is 5.88 Å². The molecule has 0 aliphatic rings. The Morgan fingerprint density at radius 3 is 2.86 bits per heavy atom. The van der Waals surface area contributed by atoms with Gasteiger partial charge in [0, 0.05) is 11.1 Å². The van der Waals surface area contributed by atoms with Crippen molar-refractivity contribution in [2.45, 2.75) is 25.8 Å². The first-order chi connectivity index (χ1) is 10.3. The minimum Gasteiger partial charge on any atom is -0.479 e. The van der Waals surface area contributed by atoms with Crippen LogP contribution in [-0.4, -0.2) is 31.6 Å². The summed E-state index contributed by atoms with van der Waals surface area (Å²) in [6.07, 6.45) is 4.37. The molecule has 3 heterocycles. The summed E-state index contributed by atoms with van der Waals surface area (Å²) in [6.45, 7) is 2.72. The Balaban J connectivity index is 2.07. The number of nitrogens with zero attached hydrogens (tertiary/aromatic N) is 5. The molecule has 21 heavy (non-hydrogen) atoms. The van der Waals surface area contributed by atoms with E-state index in [1.165, 1.54) is 11.2 Å². The van der Waals surface area contributed by atoms with Gasteiger partial charge < -0.3 is 9.30 Å². The van der Waals surface area contributed by atoms with Crippen molar-refractivity contribution in [3.8, 4) is 5.88 Å². The number of alkyl halides is 1. The zero-order valence-corrected chi connectivity index (χ0v) is 13.3. The lowest BCUT2D eigenvalue weighted by Gasteiger charge is -2.04. The van der Waals surface area contributed by atoms with Crippen LogP contribution in [0.2, 0.25) is 0 Å². The van der Waals surface area contributed by atoms with Crippen molar-refractivity contribution in [3.05, 3.63) is 28.2 Å². The van der Waals surface area contributed by atoms with Crippen LogP contribution in [0.4, 0.5) is 0 Å². The number of hydrogen-bond donors (Lipinski definition) is 0. The van der Waals surface area contributed by atoms with Crippen molar-refractivity contribution in [1.82, 2.24) is 24.5 Å². The summed E-state index contributed by atoms with van der Waals surface area (Å²) in [4.78, 5) is 18.6. The van der Waals surface area contributed by atoms with E-state index in [-0.39, 0.29) is 0 Å². The molecular weight excluding hydrogens is 310 g/mol. The Kier molecular flexibility index (Phi) is 4.03. The number of imidazole rings is 1. The van der Waals surface area contributed by atoms with E-state index in [0.717, 1.165) is 17.3 Å². The van der Waals surface area contributed by atoms with Crippen LogP contribution in [0.1, 0.15) is 22.6 Å². The van der Waals surface area contributed by atoms with E-state index in [2.05, 4.69) is 26.9 Å². The third-order valence-electron chi connectivity index (χ3n) is 3.13. The molecule has 0 saturated heterocycles. The number of aromatic nitrogens is 5. The van der Waals surface area contributed by atoms with Gasteiger partial charge in [-0.25, -0.2) is 15.0 Å². The maximum absolute atomic E-state index is 6.01. The first-order valence-corrected chi connectivity index (χ1v) is 7.85. The van der Waals surface area contributed by atoms with Crippen LogP contribution in [0.3, 0.4) is 0 Å². The highest BCUT2D eigenvalue weighted by atomic mass is 35.5. The van der Waals surface area contributed by atoms with Crippen molar-refractivity contribution in [2.24, 2.45) is 0 Å². The zero-order chi connectivity index (χ0) is 14.8. The lowest BCUT2D eigenvalue weighted by atomic mass is 10.4. The molecule has 110 valence electrons. The Labute approximate surface area is 130 Å². The van der Waals surface area contributed by atoms with E-state index in [4.69, 9.17) is 16.3 Å². The number of rotatable bonds is 5. The molecule has 0 amide bonds. The fourth-order valence-corrected chi connectivity index (χ4v) is 3.15. The second-order valence-electron chi connectivity index (χ2n) is 4.38. The van der Waals surface area contributed by atoms with Gasteiger partial charge in [0.15, 0.2) is 11.2 Å². The van der Waals surface area contributed by atoms with E-state index < -0.39 is 0 Å². The number of aryl methyl sites for hydroxylation is 1. The predicted octanol–water partition coefficient (Wildman–Crippen LogP) is 2.64. The van der Waals surface area contributed by atoms with E-state index >= 15 is 0 Å². The van der Waals surface area contributed by atoms with Crippen molar-refractivity contribution < 1.29 is 4.74 Å². The van der Waals surface area contributed by atoms with E-state index in [0.29, 0.717) is 29.5 Å². The maximum atomic E-state index is 6.01. The highest BCUT2D eigenvalue weighted by Crippen LogP contribution is 2.24. The van der Waals surface area contributed by atoms with Gasteiger partial charge in [-0.15, -0.1) is 22.9 Å². The molecular formula is C13H14ClN5OS. The third kappa shape index (κ3) is 2.58. The Bertz CT molecular complexity index is 769. The number of methoxy groups -OCH3 is 1. The summed E-state index contributed by atoms with van der Waals surface area (Å²) >= 11 is 7.70. The van der Waals surface area contributed by atoms with Gasteiger partial charge in [0.25, 0.3) is 0 Å². The molecule has 3 aromatic rings. The summed E-state index contributed by atoms with van der Waals surface area (Å²) < 4.78 is 7.19. The molecule has 0 fully saturated rings. The lowest BCUT2D eigenvalue weighted by Crippen LogP contribution is -2.04. The normalized spacial score (nSPS) is 11.2. The highest BCUT2D eigenvalue weighted by Gasteiger charge is 2.17. The average Bonchev–Trinajstić information content (AvgIpc) is 3.12. The molecule has 0 radical (unpaired) electrons. The molecule has 0 aliphatic heterocycles. The van der Waals surface area contributed by atoms with Gasteiger partial charge in [-0.1, -0.05) is 6.92 Å². The number of halogens is 1. The largest absolute Gasteiger partial charge is 0.479 e. The monoisotopic (exact) mass is 323 g/mol. The molecule has 3 rings (SSSR count). The Morgan fingerprint density at radius 1 is 1.33 bits per heavy atom. The molecule has 0 aliphatic carbocycles. The molecule has 0 unspecified atom stereocenters. The summed E-state index contributed by atoms with van der Waals surface area (Å²) in [7, 11) is 1.56. The molecule has 8 heteroatoms. The fraction of sp³-hybridized carbons (Fsp3) is 0.385. The van der Waals surface area contributed by atoms with Crippen molar-refractivity contribution >= 4 is 34.1 Å². The van der Waals surface area contributed by atoms with Gasteiger partial charge in [-0.05, 0) is 6.42 Å². The third-order valence-corrected chi connectivity index (χ3v) is 4.50. The molecule has 0 N–H and O–H groups in total. The first-order valence-electron chi connectivity index (χ1n) is 6.50. The van der Waals surface area contributed by atoms with E-state index in [9.17, 15) is 0 Å². The first kappa shape index (κ1) is 14.2. The standard InChI is InChI=1S/C13H14ClN5OS/c1-3-8-5-15-10(21-8)6-19-9(4-14)18-11-12(19)16-7-17-13(11)20-2/h5,7H,3-4,6H2,1-2H3. The van der Waals surface area contributed by atoms with Crippen LogP contribution >= 0.6 is 22.9 Å². The topological polar surface area (TPSA) is 65.7 Å². The van der Waals surface area contributed by atoms with Gasteiger partial charge >= 0.3 is 0 Å². The van der Waals surface area contributed by atoms with Crippen molar-refractivity contribution in [2.75, 3.05) is 7.11 Å². The van der Waals surface area contributed by atoms with Crippen molar-refractivity contribution in [1.29, 1.82) is 0 Å². The molecule has 0 atom stereocenters. The van der Waals surface area contributed by atoms with Crippen LogP contribution in [-0.2, 0) is 18.8 Å². The average molecular weight is 324 g/mol. The zero-order valence-electron chi connectivity index (χ0n) is 11.7. The van der Waals surface area contributed by atoms with Gasteiger partial charge in [0.1, 0.15) is 17.2 Å². The van der Waals surface area contributed by atoms with Gasteiger partial charge in [-0.3, -0.25) is 0 Å². The SMILES string of the molecule is CCc1cnc(Cn2c(CCl)nc3c(OC)ncnc32)s1. The molecule has 0 bridgehead atoms. The number of thiazole rings is 1. The van der Waals surface area contributed by atoms with Crippen LogP contribution in [0.15, 0.2) is 12.5 Å². The molecule has 6 nitrogen and oxygen atoms in total. The molecule has 3 aromatic heterocycles. The maximum Gasteiger partial charge on any atom is 0.245 e. The number of hydrogen-bond acceptors (Lipinski definition) is 6. The fourth-order valence-electron chi connectivity index (χ4n) is 2.10. The van der Waals surface area contributed by atoms with E-state index in [1.54, 1.807) is 18.4 Å². The van der Waals surface area contributed by atoms with Gasteiger partial charge in [0.05, 0.1) is 19.5 Å². The second kappa shape index (κ2) is 5.95. The van der Waals surface area contributed by atoms with Gasteiger partial charge in [-0.2, -0.15) is 4.98 Å². The summed E-state index contributed by atoms with van der Waals surface area (Å²) in [5.74, 6) is 1.49. The Hall–Kier alpha value is -1.73. The van der Waals surface area contributed by atoms with Gasteiger partial charge in [0.2, 0.25) is 5.88 Å². The minimum atomic E-state index is 0.297. The Morgan fingerprint density at radius 2 is 2.19 bits per heavy atom. The second-order valence-corrected chi connectivity index (χ2v) is 5.84. The summed E-state index contributed by atoms with van der Waals surface area (Å²) in [5.41, 5.74) is 1.34. The van der Waals surface area contributed by atoms with Crippen LogP contribution in [0, 0.1) is 0 Å². The minimum absolute atomic E-state index is 0.297. The lowest BCUT2D eigenvalue weighted by molar-refractivity contribution is 0.401. The predicted molar refractivity (Wildman–Crippen MR) is 82.0 cm³/mol. The number of ether oxygens (including phenoxy) is 1. The van der Waals surface area contributed by atoms with Crippen LogP contribution < -0.4 is 4.74 Å². The molecule has 0 aromatic carbocycles. The molecule has 0 spiro atoms. The van der Waals surface area contributed by atoms with Crippen molar-refractivity contribution in [3.63, 3.8) is 0 Å². The summed E-state index contributed by atoms with van der Waals surface area (Å²) in [6, 6.07) is 0. The smallest absolute Gasteiger partial charge is 0.245 e. The summed E-state index contributed by atoms with van der Waals surface area (Å²) in [5, 5.41) is 1.01. The van der Waals surface area contributed by atoms with E-state index in [1.807, 2.05) is 10.8 Å². The molecule has 0 saturated carbocycles. The highest BCUT2D eigenvalue weighted by molar-refractivity contribution is 7.11. The quantitative estimate of drug-likeness (QED) is 0.675.